The van der Waals surface area contributed by atoms with Gasteiger partial charge in [0.1, 0.15) is 0 Å². The smallest absolute Gasteiger partial charge is 0.254 e. The van der Waals surface area contributed by atoms with E-state index in [4.69, 9.17) is 17.3 Å². The predicted octanol–water partition coefficient (Wildman–Crippen LogP) is 2.99. The number of rotatable bonds is 2. The zero-order valence-electron chi connectivity index (χ0n) is 11.5. The molecule has 0 saturated carbocycles. The summed E-state index contributed by atoms with van der Waals surface area (Å²) < 4.78 is 0. The van der Waals surface area contributed by atoms with Gasteiger partial charge in [0.25, 0.3) is 5.91 Å². The molecule has 0 spiro atoms. The minimum atomic E-state index is 0.00346. The van der Waals surface area contributed by atoms with Crippen LogP contribution < -0.4 is 5.73 Å². The van der Waals surface area contributed by atoms with Crippen molar-refractivity contribution in [3.63, 3.8) is 0 Å². The first kappa shape index (κ1) is 14.4. The molecule has 2 rings (SSSR count). The van der Waals surface area contributed by atoms with E-state index in [2.05, 4.69) is 0 Å². The van der Waals surface area contributed by atoms with Crippen molar-refractivity contribution in [1.82, 2.24) is 4.90 Å². The number of hydrogen-bond acceptors (Lipinski definition) is 2. The molecule has 0 radical (unpaired) electrons. The predicted molar refractivity (Wildman–Crippen MR) is 78.5 cm³/mol. The Bertz CT molecular complexity index is 473. The third-order valence-corrected chi connectivity index (χ3v) is 4.08. The Balaban J connectivity index is 2.28. The molecule has 2 unspecified atom stereocenters. The van der Waals surface area contributed by atoms with Crippen LogP contribution in [0.1, 0.15) is 42.1 Å². The van der Waals surface area contributed by atoms with Gasteiger partial charge in [-0.2, -0.15) is 0 Å². The molecule has 1 heterocycles. The van der Waals surface area contributed by atoms with Gasteiger partial charge in [0.15, 0.2) is 0 Å². The third-order valence-electron chi connectivity index (χ3n) is 3.85. The second-order valence-electron chi connectivity index (χ2n) is 5.38. The number of carbonyl (C=O) groups is 1. The van der Waals surface area contributed by atoms with Crippen LogP contribution in [0.2, 0.25) is 5.02 Å². The fraction of sp³-hybridized carbons (Fsp3) is 0.533. The molecule has 2 N–H and O–H groups in total. The van der Waals surface area contributed by atoms with Crippen molar-refractivity contribution < 1.29 is 4.79 Å². The van der Waals surface area contributed by atoms with Gasteiger partial charge in [0, 0.05) is 29.2 Å². The van der Waals surface area contributed by atoms with E-state index >= 15 is 0 Å². The molecule has 4 heteroatoms. The summed E-state index contributed by atoms with van der Waals surface area (Å²) in [6.45, 7) is 4.70. The number of likely N-dealkylation sites (tertiary alicyclic amines) is 1. The maximum Gasteiger partial charge on any atom is 0.254 e. The first-order valence-electron chi connectivity index (χ1n) is 6.83. The monoisotopic (exact) mass is 280 g/mol. The highest BCUT2D eigenvalue weighted by Crippen LogP contribution is 2.24. The van der Waals surface area contributed by atoms with E-state index in [1.807, 2.05) is 30.9 Å². The molecule has 19 heavy (non-hydrogen) atoms. The number of piperidine rings is 1. The average Bonchev–Trinajstić information content (AvgIpc) is 2.40. The number of benzene rings is 1. The van der Waals surface area contributed by atoms with Crippen molar-refractivity contribution in [3.05, 3.63) is 34.3 Å². The lowest BCUT2D eigenvalue weighted by Crippen LogP contribution is -2.51. The molecule has 3 nitrogen and oxygen atoms in total. The Morgan fingerprint density at radius 1 is 1.47 bits per heavy atom. The topological polar surface area (TPSA) is 46.3 Å². The summed E-state index contributed by atoms with van der Waals surface area (Å²) in [6, 6.07) is 5.60. The first-order valence-corrected chi connectivity index (χ1v) is 7.21. The van der Waals surface area contributed by atoms with Crippen LogP contribution in [0.25, 0.3) is 0 Å². The van der Waals surface area contributed by atoms with Gasteiger partial charge in [-0.05, 0) is 50.8 Å². The molecule has 1 saturated heterocycles. The molecule has 1 aromatic rings. The molecule has 2 atom stereocenters. The fourth-order valence-corrected chi connectivity index (χ4v) is 2.91. The number of hydrogen-bond donors (Lipinski definition) is 1. The van der Waals surface area contributed by atoms with Crippen molar-refractivity contribution in [2.45, 2.75) is 45.2 Å². The first-order chi connectivity index (χ1) is 9.00. The van der Waals surface area contributed by atoms with Gasteiger partial charge in [0.2, 0.25) is 0 Å². The van der Waals surface area contributed by atoms with Crippen LogP contribution in [0.15, 0.2) is 18.2 Å². The highest BCUT2D eigenvalue weighted by Gasteiger charge is 2.30. The van der Waals surface area contributed by atoms with Crippen molar-refractivity contribution >= 4 is 17.5 Å². The van der Waals surface area contributed by atoms with Crippen molar-refractivity contribution in [2.24, 2.45) is 5.73 Å². The van der Waals surface area contributed by atoms with Crippen molar-refractivity contribution in [2.75, 3.05) is 6.54 Å². The quantitative estimate of drug-likeness (QED) is 0.905. The zero-order valence-corrected chi connectivity index (χ0v) is 12.3. The van der Waals surface area contributed by atoms with Crippen LogP contribution in [0, 0.1) is 6.92 Å². The molecule has 0 bridgehead atoms. The second kappa shape index (κ2) is 5.93. The molecular weight excluding hydrogens is 260 g/mol. The second-order valence-corrected chi connectivity index (χ2v) is 5.82. The van der Waals surface area contributed by atoms with E-state index in [0.717, 1.165) is 31.4 Å². The molecule has 0 aromatic heterocycles. The minimum absolute atomic E-state index is 0.00346. The molecule has 1 aliphatic rings. The largest absolute Gasteiger partial charge is 0.334 e. The molecule has 0 aliphatic carbocycles. The summed E-state index contributed by atoms with van der Waals surface area (Å²) in [4.78, 5) is 14.6. The van der Waals surface area contributed by atoms with E-state index in [1.165, 1.54) is 0 Å². The van der Waals surface area contributed by atoms with E-state index in [1.54, 1.807) is 6.07 Å². The number of aryl methyl sites for hydroxylation is 1. The molecule has 104 valence electrons. The van der Waals surface area contributed by atoms with Crippen LogP contribution in [-0.4, -0.2) is 29.4 Å². The van der Waals surface area contributed by atoms with E-state index in [-0.39, 0.29) is 18.0 Å². The van der Waals surface area contributed by atoms with Gasteiger partial charge < -0.3 is 10.6 Å². The Labute approximate surface area is 119 Å². The minimum Gasteiger partial charge on any atom is -0.334 e. The lowest BCUT2D eigenvalue weighted by atomic mass is 9.95. The lowest BCUT2D eigenvalue weighted by molar-refractivity contribution is 0.0583. The summed E-state index contributed by atoms with van der Waals surface area (Å²) in [5.41, 5.74) is 7.68. The fourth-order valence-electron chi connectivity index (χ4n) is 2.74. The average molecular weight is 281 g/mol. The Kier molecular flexibility index (Phi) is 4.48. The number of carbonyl (C=O) groups excluding carboxylic acids is 1. The van der Waals surface area contributed by atoms with Crippen LogP contribution in [0.5, 0.6) is 0 Å². The van der Waals surface area contributed by atoms with Gasteiger partial charge in [0.05, 0.1) is 0 Å². The van der Waals surface area contributed by atoms with Gasteiger partial charge in [-0.25, -0.2) is 0 Å². The van der Waals surface area contributed by atoms with Crippen LogP contribution in [-0.2, 0) is 0 Å². The Hall–Kier alpha value is -1.06. The van der Waals surface area contributed by atoms with Crippen LogP contribution in [0.4, 0.5) is 0 Å². The van der Waals surface area contributed by atoms with Crippen LogP contribution in [0.3, 0.4) is 0 Å². The standard InChI is InChI=1S/C15H21ClN2O/c1-10-6-7-12(16)9-13(10)15(19)18-8-4-3-5-14(18)11(2)17/h6-7,9,11,14H,3-5,8,17H2,1-2H3. The zero-order chi connectivity index (χ0) is 14.0. The summed E-state index contributed by atoms with van der Waals surface area (Å²) in [5, 5.41) is 0.600. The van der Waals surface area contributed by atoms with Crippen LogP contribution >= 0.6 is 11.6 Å². The molecule has 1 aliphatic heterocycles. The summed E-state index contributed by atoms with van der Waals surface area (Å²) >= 11 is 6.00. The molecule has 1 amide bonds. The molecule has 1 aromatic carbocycles. The normalized spacial score (nSPS) is 21.3. The van der Waals surface area contributed by atoms with E-state index in [9.17, 15) is 4.79 Å². The Morgan fingerprint density at radius 3 is 2.89 bits per heavy atom. The maximum absolute atomic E-state index is 12.7. The van der Waals surface area contributed by atoms with Crippen molar-refractivity contribution in [3.8, 4) is 0 Å². The van der Waals surface area contributed by atoms with E-state index < -0.39 is 0 Å². The number of halogens is 1. The molecular formula is C15H21ClN2O. The van der Waals surface area contributed by atoms with Gasteiger partial charge in [-0.3, -0.25) is 4.79 Å². The van der Waals surface area contributed by atoms with Gasteiger partial charge in [-0.1, -0.05) is 17.7 Å². The summed E-state index contributed by atoms with van der Waals surface area (Å²) in [7, 11) is 0. The third kappa shape index (κ3) is 3.10. The summed E-state index contributed by atoms with van der Waals surface area (Å²) in [5.74, 6) is 0.0574. The van der Waals surface area contributed by atoms with E-state index in [0.29, 0.717) is 10.6 Å². The number of nitrogens with zero attached hydrogens (tertiary/aromatic N) is 1. The van der Waals surface area contributed by atoms with Gasteiger partial charge >= 0.3 is 0 Å². The highest BCUT2D eigenvalue weighted by molar-refractivity contribution is 6.31. The Morgan fingerprint density at radius 2 is 2.21 bits per heavy atom. The highest BCUT2D eigenvalue weighted by atomic mass is 35.5. The maximum atomic E-state index is 12.7. The number of amides is 1. The SMILES string of the molecule is Cc1ccc(Cl)cc1C(=O)N1CCCCC1C(C)N. The number of nitrogens with two attached hydrogens (primary N) is 1. The molecule has 1 fully saturated rings. The van der Waals surface area contributed by atoms with Gasteiger partial charge in [-0.15, -0.1) is 0 Å². The van der Waals surface area contributed by atoms with Crippen molar-refractivity contribution in [1.29, 1.82) is 0 Å². The lowest BCUT2D eigenvalue weighted by Gasteiger charge is -2.38. The summed E-state index contributed by atoms with van der Waals surface area (Å²) in [6.07, 6.45) is 3.18.